The van der Waals surface area contributed by atoms with Crippen molar-refractivity contribution in [3.63, 3.8) is 0 Å². The molecule has 0 saturated heterocycles. The molecule has 0 unspecified atom stereocenters. The summed E-state index contributed by atoms with van der Waals surface area (Å²) in [5.74, 6) is -0.516. The lowest BCUT2D eigenvalue weighted by atomic mass is 9.88. The summed E-state index contributed by atoms with van der Waals surface area (Å²) < 4.78 is 5.30. The van der Waals surface area contributed by atoms with Crippen LogP contribution in [0.5, 0.6) is 0 Å². The van der Waals surface area contributed by atoms with E-state index >= 15 is 0 Å². The number of hydrogen-bond donors (Lipinski definition) is 1. The van der Waals surface area contributed by atoms with Crippen LogP contribution in [0.4, 0.5) is 4.79 Å². The summed E-state index contributed by atoms with van der Waals surface area (Å²) in [5, 5.41) is 1.17. The predicted octanol–water partition coefficient (Wildman–Crippen LogP) is 3.56. The van der Waals surface area contributed by atoms with Gasteiger partial charge in [0.2, 0.25) is 0 Å². The van der Waals surface area contributed by atoms with E-state index in [2.05, 4.69) is 5.43 Å². The predicted molar refractivity (Wildman–Crippen MR) is 98.5 cm³/mol. The maximum atomic E-state index is 13.0. The van der Waals surface area contributed by atoms with Gasteiger partial charge in [0.1, 0.15) is 5.60 Å². The Morgan fingerprint density at radius 2 is 1.81 bits per heavy atom. The molecule has 2 rings (SSSR count). The van der Waals surface area contributed by atoms with E-state index in [0.717, 1.165) is 5.56 Å². The number of nitrogens with one attached hydrogen (secondary N) is 1. The third-order valence-electron chi connectivity index (χ3n) is 4.00. The molecule has 0 aromatic heterocycles. The lowest BCUT2D eigenvalue weighted by Gasteiger charge is -2.28. The Balaban J connectivity index is 2.31. The first-order valence-corrected chi connectivity index (χ1v) is 8.70. The molecule has 0 spiro atoms. The smallest absolute Gasteiger partial charge is 0.428 e. The number of ether oxygens (including phenoxy) is 1. The number of hydrogen-bond acceptors (Lipinski definition) is 5. The summed E-state index contributed by atoms with van der Waals surface area (Å²) in [4.78, 5) is 37.6. The summed E-state index contributed by atoms with van der Waals surface area (Å²) in [5.41, 5.74) is 4.15. The fourth-order valence-corrected chi connectivity index (χ4v) is 2.76. The number of rotatable bonds is 4. The van der Waals surface area contributed by atoms with Gasteiger partial charge >= 0.3 is 6.09 Å². The molecule has 26 heavy (non-hydrogen) atoms. The van der Waals surface area contributed by atoms with Crippen molar-refractivity contribution in [2.75, 3.05) is 7.05 Å². The maximum Gasteiger partial charge on any atom is 0.428 e. The normalized spacial score (nSPS) is 14.9. The van der Waals surface area contributed by atoms with Gasteiger partial charge in [-0.15, -0.1) is 0 Å². The van der Waals surface area contributed by atoms with Crippen molar-refractivity contribution in [1.29, 1.82) is 0 Å². The van der Waals surface area contributed by atoms with Gasteiger partial charge in [0, 0.05) is 24.7 Å². The third kappa shape index (κ3) is 4.71. The standard InChI is InChI=1S/C20H26N2O4/c1-13-9-6-7-10-14(13)18(24)17-15(11-8-12-16(17)23)21-22(5)19(25)26-20(2,3)4/h6-7,9-10,21H,8,11-12H2,1-5H3. The van der Waals surface area contributed by atoms with Crippen molar-refractivity contribution >= 4 is 17.7 Å². The highest BCUT2D eigenvalue weighted by molar-refractivity contribution is 6.27. The molecule has 1 aliphatic carbocycles. The number of Topliss-reactive ketones (excluding diaryl/α,β-unsaturated/α-hetero) is 2. The first kappa shape index (κ1) is 19.7. The Bertz CT molecular complexity index is 759. The van der Waals surface area contributed by atoms with Gasteiger partial charge in [-0.2, -0.15) is 0 Å². The van der Waals surface area contributed by atoms with E-state index in [1.807, 2.05) is 19.1 Å². The second-order valence-electron chi connectivity index (χ2n) is 7.43. The molecule has 0 bridgehead atoms. The Kier molecular flexibility index (Phi) is 5.85. The van der Waals surface area contributed by atoms with Crippen LogP contribution in [0, 0.1) is 6.92 Å². The summed E-state index contributed by atoms with van der Waals surface area (Å²) in [7, 11) is 1.51. The summed E-state index contributed by atoms with van der Waals surface area (Å²) >= 11 is 0. The SMILES string of the molecule is Cc1ccccc1C(=O)C1=C(NN(C)C(=O)OC(C)(C)C)CCCC1=O. The second-order valence-corrected chi connectivity index (χ2v) is 7.43. The number of nitrogens with zero attached hydrogens (tertiary/aromatic N) is 1. The van der Waals surface area contributed by atoms with Crippen molar-refractivity contribution in [2.24, 2.45) is 0 Å². The van der Waals surface area contributed by atoms with Gasteiger partial charge in [-0.1, -0.05) is 24.3 Å². The van der Waals surface area contributed by atoms with Crippen LogP contribution in [0.3, 0.4) is 0 Å². The Hall–Kier alpha value is -2.63. The van der Waals surface area contributed by atoms with Crippen molar-refractivity contribution in [3.05, 3.63) is 46.7 Å². The van der Waals surface area contributed by atoms with Crippen molar-refractivity contribution in [3.8, 4) is 0 Å². The van der Waals surface area contributed by atoms with Crippen LogP contribution in [0.15, 0.2) is 35.5 Å². The zero-order valence-electron chi connectivity index (χ0n) is 16.0. The van der Waals surface area contributed by atoms with Crippen LogP contribution >= 0.6 is 0 Å². The van der Waals surface area contributed by atoms with E-state index in [0.29, 0.717) is 30.5 Å². The van der Waals surface area contributed by atoms with Crippen LogP contribution in [0.1, 0.15) is 56.0 Å². The van der Waals surface area contributed by atoms with Crippen LogP contribution in [-0.4, -0.2) is 35.3 Å². The van der Waals surface area contributed by atoms with Crippen LogP contribution in [-0.2, 0) is 9.53 Å². The molecule has 1 aromatic carbocycles. The van der Waals surface area contributed by atoms with Crippen molar-refractivity contribution in [1.82, 2.24) is 10.4 Å². The molecule has 1 amide bonds. The van der Waals surface area contributed by atoms with Gasteiger partial charge in [0.05, 0.1) is 5.57 Å². The third-order valence-corrected chi connectivity index (χ3v) is 4.00. The number of ketones is 2. The summed E-state index contributed by atoms with van der Waals surface area (Å²) in [6.45, 7) is 7.15. The average Bonchev–Trinajstić information content (AvgIpc) is 2.53. The Morgan fingerprint density at radius 3 is 2.42 bits per heavy atom. The number of carbonyl (C=O) groups excluding carboxylic acids is 3. The zero-order chi connectivity index (χ0) is 19.5. The maximum absolute atomic E-state index is 13.0. The molecule has 0 saturated carbocycles. The van der Waals surface area contributed by atoms with Gasteiger partial charge in [-0.25, -0.2) is 9.80 Å². The Morgan fingerprint density at radius 1 is 1.15 bits per heavy atom. The highest BCUT2D eigenvalue weighted by atomic mass is 16.6. The number of aryl methyl sites for hydroxylation is 1. The summed E-state index contributed by atoms with van der Waals surface area (Å²) in [6.07, 6.45) is 0.902. The van der Waals surface area contributed by atoms with Gasteiger partial charge in [0.15, 0.2) is 11.6 Å². The molecule has 0 fully saturated rings. The number of hydrazine groups is 1. The Labute approximate surface area is 154 Å². The molecule has 6 heteroatoms. The first-order chi connectivity index (χ1) is 12.1. The van der Waals surface area contributed by atoms with Gasteiger partial charge < -0.3 is 4.74 Å². The molecular formula is C20H26N2O4. The molecular weight excluding hydrogens is 332 g/mol. The minimum Gasteiger partial charge on any atom is -0.442 e. The van der Waals surface area contributed by atoms with E-state index in [9.17, 15) is 14.4 Å². The quantitative estimate of drug-likeness (QED) is 0.506. The lowest BCUT2D eigenvalue weighted by molar-refractivity contribution is -0.115. The van der Waals surface area contributed by atoms with Gasteiger partial charge in [-0.3, -0.25) is 15.0 Å². The van der Waals surface area contributed by atoms with E-state index in [1.54, 1.807) is 32.9 Å². The molecule has 0 radical (unpaired) electrons. The number of carbonyl (C=O) groups is 3. The van der Waals surface area contributed by atoms with E-state index in [4.69, 9.17) is 4.74 Å². The van der Waals surface area contributed by atoms with E-state index in [-0.39, 0.29) is 17.1 Å². The van der Waals surface area contributed by atoms with Crippen LogP contribution in [0.25, 0.3) is 0 Å². The fourth-order valence-electron chi connectivity index (χ4n) is 2.76. The highest BCUT2D eigenvalue weighted by Crippen LogP contribution is 2.25. The minimum absolute atomic E-state index is 0.126. The lowest BCUT2D eigenvalue weighted by Crippen LogP contribution is -2.44. The number of allylic oxidation sites excluding steroid dienone is 2. The molecule has 140 valence electrons. The first-order valence-electron chi connectivity index (χ1n) is 8.70. The molecule has 0 aliphatic heterocycles. The van der Waals surface area contributed by atoms with Crippen LogP contribution < -0.4 is 5.43 Å². The monoisotopic (exact) mass is 358 g/mol. The fraction of sp³-hybridized carbons (Fsp3) is 0.450. The molecule has 0 atom stereocenters. The molecule has 1 aromatic rings. The van der Waals surface area contributed by atoms with Crippen molar-refractivity contribution in [2.45, 2.75) is 52.6 Å². The zero-order valence-corrected chi connectivity index (χ0v) is 16.0. The highest BCUT2D eigenvalue weighted by Gasteiger charge is 2.29. The van der Waals surface area contributed by atoms with Gasteiger partial charge in [-0.05, 0) is 46.1 Å². The van der Waals surface area contributed by atoms with Crippen molar-refractivity contribution < 1.29 is 19.1 Å². The largest absolute Gasteiger partial charge is 0.442 e. The van der Waals surface area contributed by atoms with E-state index in [1.165, 1.54) is 12.1 Å². The van der Waals surface area contributed by atoms with Crippen LogP contribution in [0.2, 0.25) is 0 Å². The molecule has 6 nitrogen and oxygen atoms in total. The van der Waals surface area contributed by atoms with Gasteiger partial charge in [0.25, 0.3) is 0 Å². The second kappa shape index (κ2) is 7.72. The molecule has 1 N–H and O–H groups in total. The minimum atomic E-state index is -0.635. The number of amides is 1. The van der Waals surface area contributed by atoms with E-state index < -0.39 is 11.7 Å². The number of benzene rings is 1. The molecule has 0 heterocycles. The average molecular weight is 358 g/mol. The summed E-state index contributed by atoms with van der Waals surface area (Å²) in [6, 6.07) is 7.16. The molecule has 1 aliphatic rings. The topological polar surface area (TPSA) is 75.7 Å².